The molecule has 14 nitrogen and oxygen atoms in total. The Morgan fingerprint density at radius 3 is 2.43 bits per heavy atom. The minimum atomic E-state index is -4.60. The van der Waals surface area contributed by atoms with Gasteiger partial charge in [0.25, 0.3) is 17.9 Å². The van der Waals surface area contributed by atoms with Gasteiger partial charge in [-0.2, -0.15) is 32.0 Å². The summed E-state index contributed by atoms with van der Waals surface area (Å²) in [5.74, 6) is -10.4. The number of pyridine rings is 1. The largest absolute Gasteiger partial charge is 1.00 e. The number of fused-ring (bicyclic) bond motifs is 5. The molecule has 0 aliphatic heterocycles. The summed E-state index contributed by atoms with van der Waals surface area (Å²) in [6.07, 6.45) is -9.13. The van der Waals surface area contributed by atoms with Gasteiger partial charge in [-0.15, -0.1) is 0 Å². The summed E-state index contributed by atoms with van der Waals surface area (Å²) in [7, 11) is -2.75. The van der Waals surface area contributed by atoms with Crippen molar-refractivity contribution in [3.8, 4) is 11.6 Å². The van der Waals surface area contributed by atoms with Crippen molar-refractivity contribution in [3.63, 3.8) is 0 Å². The fraction of sp³-hybridized carbons (Fsp3) is 0.351. The van der Waals surface area contributed by atoms with Gasteiger partial charge in [0.15, 0.2) is 15.7 Å². The topological polar surface area (TPSA) is 170 Å². The predicted octanol–water partition coefficient (Wildman–Crippen LogP) is 4.34. The number of hydrogen-bond donors (Lipinski definition) is 1. The number of hydrogen-bond acceptors (Lipinski definition) is 9. The number of amides is 1. The van der Waals surface area contributed by atoms with Crippen LogP contribution >= 0.6 is 11.6 Å². The van der Waals surface area contributed by atoms with Crippen LogP contribution in [0.15, 0.2) is 47.3 Å². The average Bonchev–Trinajstić information content (AvgIpc) is 3.69. The molecule has 26 heteroatoms. The molecular weight excluding hydrogens is 912 g/mol. The van der Waals surface area contributed by atoms with Crippen molar-refractivity contribution in [2.24, 2.45) is 13.0 Å². The summed E-state index contributed by atoms with van der Waals surface area (Å²) in [5.41, 5.74) is -3.95. The van der Waals surface area contributed by atoms with Gasteiger partial charge in [0, 0.05) is 53.7 Å². The molecule has 2 aromatic carbocycles. The average molecular weight is 940 g/mol. The molecule has 0 unspecified atom stereocenters. The first-order valence-electron chi connectivity index (χ1n) is 18.2. The first-order valence-corrected chi connectivity index (χ1v) is 20.5. The smallest absolute Gasteiger partial charge is 0.477 e. The third-order valence-corrected chi connectivity index (χ3v) is 11.0. The first-order chi connectivity index (χ1) is 29.0. The van der Waals surface area contributed by atoms with Gasteiger partial charge < -0.3 is 24.6 Å². The SMILES string of the molecule is Cn1nc([N-]S(C)(=O)=O)c2c(Cl)ccc(-n3c([C@H](Cc4cc(F)cc(F)c4)NC(=O)Cn4nc(C(F)F)c5c4C(F)(F)[C@@H]4C[C@H]54)nc4nc(OCCC(F)(F)F)ccc4c3=O)c21.[Na+]. The van der Waals surface area contributed by atoms with Crippen LogP contribution in [-0.4, -0.2) is 67.5 Å². The Balaban J connectivity index is 0.00000595. The Bertz CT molecular complexity index is 2980. The molecule has 2 aliphatic rings. The first kappa shape index (κ1) is 46.1. The summed E-state index contributed by atoms with van der Waals surface area (Å²) in [5, 5.41) is 9.85. The Kier molecular flexibility index (Phi) is 12.1. The van der Waals surface area contributed by atoms with Gasteiger partial charge >= 0.3 is 35.7 Å². The zero-order valence-electron chi connectivity index (χ0n) is 32.7. The second-order valence-electron chi connectivity index (χ2n) is 14.7. The molecule has 4 heterocycles. The third-order valence-electron chi connectivity index (χ3n) is 10.2. The molecule has 4 aromatic heterocycles. The Labute approximate surface area is 376 Å². The molecule has 1 N–H and O–H groups in total. The molecule has 328 valence electrons. The minimum absolute atomic E-state index is 0. The van der Waals surface area contributed by atoms with Crippen molar-refractivity contribution in [1.82, 2.24) is 39.4 Å². The molecule has 2 aliphatic carbocycles. The Morgan fingerprint density at radius 2 is 1.78 bits per heavy atom. The third kappa shape index (κ3) is 8.96. The monoisotopic (exact) mass is 939 g/mol. The molecule has 0 spiro atoms. The molecule has 1 amide bonds. The molecule has 0 saturated heterocycles. The van der Waals surface area contributed by atoms with E-state index in [9.17, 15) is 48.7 Å². The number of alkyl halides is 7. The minimum Gasteiger partial charge on any atom is -0.477 e. The molecule has 1 fully saturated rings. The number of halogens is 10. The number of aryl methyl sites for hydroxylation is 1. The van der Waals surface area contributed by atoms with E-state index in [2.05, 4.69) is 30.2 Å². The van der Waals surface area contributed by atoms with Gasteiger partial charge in [-0.25, -0.2) is 31.0 Å². The molecule has 6 aromatic rings. The van der Waals surface area contributed by atoms with Crippen LogP contribution in [0.25, 0.3) is 32.3 Å². The number of ether oxygens (including phenoxy) is 1. The Hall–Kier alpha value is -4.91. The molecule has 63 heavy (non-hydrogen) atoms. The quantitative estimate of drug-likeness (QED) is 0.131. The standard InChI is InChI=1S/C37H29ClF9N9O5S.Na/c1-54-29-23(5-4-21(38)27(29)33(52-54)53-62(2,59)60)56-34(50-32-18(35(56)58)3-6-25(49-32)61-8-7-36(43,44)45)22(11-15-9-16(39)12-17(40)10-15)48-24(57)14-55-30-26(28(51-55)31(41)42)19-13-20(19)37(30,46)47;/h3-6,9-10,12,19-20,22,31H,7-8,11,13-14H2,1-2H3,(H2,48,52,53,57);/q;+1/p-1/t19-,20+,22-;/m0./s1. The Morgan fingerprint density at radius 1 is 1.08 bits per heavy atom. The molecule has 0 bridgehead atoms. The van der Waals surface area contributed by atoms with E-state index in [0.717, 1.165) is 39.8 Å². The number of sulfonamides is 1. The second kappa shape index (κ2) is 16.6. The van der Waals surface area contributed by atoms with Gasteiger partial charge in [0.05, 0.1) is 35.7 Å². The summed E-state index contributed by atoms with van der Waals surface area (Å²) in [6.45, 7) is -1.97. The number of nitrogens with zero attached hydrogens (tertiary/aromatic N) is 8. The van der Waals surface area contributed by atoms with Crippen LogP contribution in [0.4, 0.5) is 45.3 Å². The fourth-order valence-corrected chi connectivity index (χ4v) is 8.43. The molecule has 3 atom stereocenters. The normalized spacial score (nSPS) is 17.1. The summed E-state index contributed by atoms with van der Waals surface area (Å²) in [4.78, 5) is 37.3. The van der Waals surface area contributed by atoms with Gasteiger partial charge in [0.2, 0.25) is 11.8 Å². The van der Waals surface area contributed by atoms with Crippen LogP contribution in [0.5, 0.6) is 5.88 Å². The number of carbonyl (C=O) groups is 1. The van der Waals surface area contributed by atoms with Gasteiger partial charge in [-0.05, 0) is 54.1 Å². The number of rotatable bonds is 13. The van der Waals surface area contributed by atoms with Crippen molar-refractivity contribution < 1.29 is 87.0 Å². The fourth-order valence-electron chi connectivity index (χ4n) is 7.75. The maximum atomic E-state index is 15.4. The van der Waals surface area contributed by atoms with Gasteiger partial charge in [-0.1, -0.05) is 11.6 Å². The molecule has 1 saturated carbocycles. The van der Waals surface area contributed by atoms with Crippen molar-refractivity contribution >= 4 is 55.3 Å². The van der Waals surface area contributed by atoms with Crippen LogP contribution in [0.1, 0.15) is 59.6 Å². The van der Waals surface area contributed by atoms with Crippen molar-refractivity contribution in [3.05, 3.63) is 103 Å². The van der Waals surface area contributed by atoms with Crippen LogP contribution < -0.4 is 45.2 Å². The van der Waals surface area contributed by atoms with E-state index in [1.54, 1.807) is 0 Å². The van der Waals surface area contributed by atoms with E-state index in [4.69, 9.17) is 16.3 Å². The summed E-state index contributed by atoms with van der Waals surface area (Å²) < 4.78 is 163. The predicted molar refractivity (Wildman–Crippen MR) is 201 cm³/mol. The van der Waals surface area contributed by atoms with Crippen LogP contribution in [0.3, 0.4) is 0 Å². The zero-order valence-corrected chi connectivity index (χ0v) is 36.3. The maximum Gasteiger partial charge on any atom is 1.00 e. The zero-order chi connectivity index (χ0) is 44.8. The van der Waals surface area contributed by atoms with Gasteiger partial charge in [-0.3, -0.25) is 18.8 Å². The summed E-state index contributed by atoms with van der Waals surface area (Å²) in [6, 6.07) is 5.33. The van der Waals surface area contributed by atoms with Crippen molar-refractivity contribution in [2.45, 2.75) is 56.3 Å². The molecular formula is C37H28ClF9N9NaO5S. The van der Waals surface area contributed by atoms with Crippen LogP contribution in [-0.2, 0) is 40.8 Å². The van der Waals surface area contributed by atoms with Crippen molar-refractivity contribution in [1.29, 1.82) is 0 Å². The van der Waals surface area contributed by atoms with Crippen molar-refractivity contribution in [2.75, 3.05) is 12.9 Å². The van der Waals surface area contributed by atoms with Crippen LogP contribution in [0, 0.1) is 17.6 Å². The van der Waals surface area contributed by atoms with E-state index < -0.39 is 130 Å². The maximum absolute atomic E-state index is 15.4. The number of aromatic nitrogens is 7. The number of nitrogens with one attached hydrogen (secondary N) is 1. The number of carbonyl (C=O) groups excluding carboxylic acids is 1. The number of benzene rings is 2. The molecule has 8 rings (SSSR count). The van der Waals surface area contributed by atoms with E-state index >= 15 is 8.78 Å². The van der Waals surface area contributed by atoms with E-state index in [1.807, 2.05) is 0 Å². The van der Waals surface area contributed by atoms with Crippen LogP contribution in [0.2, 0.25) is 5.02 Å². The van der Waals surface area contributed by atoms with E-state index in [1.165, 1.54) is 19.2 Å². The van der Waals surface area contributed by atoms with E-state index in [0.29, 0.717) is 10.7 Å². The molecule has 0 radical (unpaired) electrons. The van der Waals surface area contributed by atoms with Gasteiger partial charge in [0.1, 0.15) is 35.4 Å². The second-order valence-corrected chi connectivity index (χ2v) is 16.7. The summed E-state index contributed by atoms with van der Waals surface area (Å²) >= 11 is 6.52. The van der Waals surface area contributed by atoms with E-state index in [-0.39, 0.29) is 74.1 Å².